The third-order valence-corrected chi connectivity index (χ3v) is 1.86. The van der Waals surface area contributed by atoms with E-state index in [0.717, 1.165) is 0 Å². The van der Waals surface area contributed by atoms with Crippen LogP contribution in [0.25, 0.3) is 0 Å². The van der Waals surface area contributed by atoms with Gasteiger partial charge in [0.05, 0.1) is 18.9 Å². The summed E-state index contributed by atoms with van der Waals surface area (Å²) in [5.74, 6) is 0.502. The summed E-state index contributed by atoms with van der Waals surface area (Å²) in [6.45, 7) is 1.93. The van der Waals surface area contributed by atoms with Crippen LogP contribution in [0.15, 0.2) is 16.7 Å². The highest BCUT2D eigenvalue weighted by Gasteiger charge is 2.16. The van der Waals surface area contributed by atoms with Gasteiger partial charge in [-0.25, -0.2) is 5.06 Å². The molecule has 13 heavy (non-hydrogen) atoms. The lowest BCUT2D eigenvalue weighted by Gasteiger charge is -2.12. The van der Waals surface area contributed by atoms with Crippen molar-refractivity contribution in [3.8, 4) is 0 Å². The minimum Gasteiger partial charge on any atom is -0.469 e. The van der Waals surface area contributed by atoms with Crippen molar-refractivity contribution in [2.24, 2.45) is 0 Å². The number of carbonyl (C=O) groups excluding carboxylic acids is 1. The molecule has 0 radical (unpaired) electrons. The Kier molecular flexibility index (Phi) is 3.08. The second kappa shape index (κ2) is 4.09. The molecule has 0 saturated carbocycles. The van der Waals surface area contributed by atoms with Crippen molar-refractivity contribution in [2.45, 2.75) is 13.3 Å². The molecule has 0 saturated heterocycles. The van der Waals surface area contributed by atoms with Crippen LogP contribution >= 0.6 is 0 Å². The van der Waals surface area contributed by atoms with Gasteiger partial charge in [0.2, 0.25) is 0 Å². The summed E-state index contributed by atoms with van der Waals surface area (Å²) < 4.78 is 5.13. The summed E-state index contributed by atoms with van der Waals surface area (Å²) in [6, 6.07) is 1.65. The molecule has 1 rings (SSSR count). The van der Waals surface area contributed by atoms with E-state index in [1.165, 1.54) is 18.4 Å². The summed E-state index contributed by atoms with van der Waals surface area (Å²) in [6.07, 6.45) is 2.21. The highest BCUT2D eigenvalue weighted by atomic mass is 16.7. The number of carbonyl (C=O) groups is 1. The van der Waals surface area contributed by atoms with Crippen LogP contribution < -0.4 is 0 Å². The molecule has 0 aliphatic rings. The molecule has 1 aromatic rings. The van der Waals surface area contributed by atoms with Gasteiger partial charge in [0, 0.05) is 13.5 Å². The SMILES string of the molecule is CCc1occc1C(=O)N(C)OC. The number of furan rings is 1. The van der Waals surface area contributed by atoms with Crippen molar-refractivity contribution in [3.63, 3.8) is 0 Å². The molecule has 0 N–H and O–H groups in total. The highest BCUT2D eigenvalue weighted by Crippen LogP contribution is 2.13. The first-order valence-corrected chi connectivity index (χ1v) is 4.09. The average molecular weight is 183 g/mol. The Morgan fingerprint density at radius 3 is 2.92 bits per heavy atom. The van der Waals surface area contributed by atoms with Gasteiger partial charge in [0.1, 0.15) is 5.76 Å². The molecule has 0 spiro atoms. The predicted molar refractivity (Wildman–Crippen MR) is 47.2 cm³/mol. The van der Waals surface area contributed by atoms with Gasteiger partial charge in [-0.1, -0.05) is 6.92 Å². The lowest BCUT2D eigenvalue weighted by atomic mass is 10.2. The molecular formula is C9H13NO3. The molecule has 0 atom stereocenters. The van der Waals surface area contributed by atoms with Crippen molar-refractivity contribution in [1.82, 2.24) is 5.06 Å². The van der Waals surface area contributed by atoms with E-state index in [1.807, 2.05) is 6.92 Å². The molecule has 0 aromatic carbocycles. The summed E-state index contributed by atoms with van der Waals surface area (Å²) in [5, 5.41) is 1.17. The molecule has 4 nitrogen and oxygen atoms in total. The van der Waals surface area contributed by atoms with Crippen molar-refractivity contribution >= 4 is 5.91 Å². The van der Waals surface area contributed by atoms with E-state index in [2.05, 4.69) is 0 Å². The Morgan fingerprint density at radius 2 is 2.38 bits per heavy atom. The van der Waals surface area contributed by atoms with E-state index < -0.39 is 0 Å². The lowest BCUT2D eigenvalue weighted by molar-refractivity contribution is -0.0758. The van der Waals surface area contributed by atoms with Crippen LogP contribution in [-0.2, 0) is 11.3 Å². The van der Waals surface area contributed by atoms with Crippen LogP contribution in [-0.4, -0.2) is 25.1 Å². The normalized spacial score (nSPS) is 10.1. The quantitative estimate of drug-likeness (QED) is 0.666. The number of amides is 1. The Labute approximate surface area is 77.0 Å². The zero-order valence-corrected chi connectivity index (χ0v) is 8.03. The number of hydrogen-bond acceptors (Lipinski definition) is 3. The fourth-order valence-corrected chi connectivity index (χ4v) is 1.06. The molecule has 4 heteroatoms. The smallest absolute Gasteiger partial charge is 0.280 e. The van der Waals surface area contributed by atoms with Gasteiger partial charge in [-0.2, -0.15) is 0 Å². The monoisotopic (exact) mass is 183 g/mol. The topological polar surface area (TPSA) is 42.7 Å². The highest BCUT2D eigenvalue weighted by molar-refractivity contribution is 5.94. The Balaban J connectivity index is 2.88. The van der Waals surface area contributed by atoms with Crippen LogP contribution in [0.4, 0.5) is 0 Å². The first kappa shape index (κ1) is 9.80. The van der Waals surface area contributed by atoms with E-state index in [4.69, 9.17) is 9.25 Å². The molecular weight excluding hydrogens is 170 g/mol. The Bertz CT molecular complexity index is 293. The maximum atomic E-state index is 11.6. The summed E-state index contributed by atoms with van der Waals surface area (Å²) in [5.41, 5.74) is 0.562. The summed E-state index contributed by atoms with van der Waals surface area (Å²) in [4.78, 5) is 16.3. The number of hydroxylamine groups is 2. The fourth-order valence-electron chi connectivity index (χ4n) is 1.06. The molecule has 1 heterocycles. The van der Waals surface area contributed by atoms with Gasteiger partial charge in [0.25, 0.3) is 5.91 Å². The average Bonchev–Trinajstić information content (AvgIpc) is 2.62. The van der Waals surface area contributed by atoms with E-state index in [0.29, 0.717) is 17.7 Å². The molecule has 1 aromatic heterocycles. The lowest BCUT2D eigenvalue weighted by Crippen LogP contribution is -2.25. The maximum absolute atomic E-state index is 11.6. The molecule has 72 valence electrons. The largest absolute Gasteiger partial charge is 0.469 e. The van der Waals surface area contributed by atoms with E-state index >= 15 is 0 Å². The first-order chi connectivity index (χ1) is 6.20. The standard InChI is InChI=1S/C9H13NO3/c1-4-8-7(5-6-13-8)9(11)10(2)12-3/h5-6H,4H2,1-3H3. The molecule has 1 amide bonds. The molecule has 0 unspecified atom stereocenters. The van der Waals surface area contributed by atoms with Crippen LogP contribution in [0.3, 0.4) is 0 Å². The third kappa shape index (κ3) is 1.89. The Hall–Kier alpha value is -1.29. The minimum atomic E-state index is -0.187. The van der Waals surface area contributed by atoms with Gasteiger partial charge in [-0.3, -0.25) is 9.63 Å². The van der Waals surface area contributed by atoms with E-state index in [9.17, 15) is 4.79 Å². The molecule has 0 aliphatic carbocycles. The van der Waals surface area contributed by atoms with Crippen LogP contribution in [0.1, 0.15) is 23.0 Å². The maximum Gasteiger partial charge on any atom is 0.280 e. The third-order valence-electron chi connectivity index (χ3n) is 1.86. The van der Waals surface area contributed by atoms with E-state index in [1.54, 1.807) is 13.1 Å². The molecule has 0 fully saturated rings. The predicted octanol–water partition coefficient (Wildman–Crippen LogP) is 1.48. The van der Waals surface area contributed by atoms with Gasteiger partial charge < -0.3 is 4.42 Å². The second-order valence-electron chi connectivity index (χ2n) is 2.60. The zero-order valence-electron chi connectivity index (χ0n) is 8.03. The number of nitrogens with zero attached hydrogens (tertiary/aromatic N) is 1. The van der Waals surface area contributed by atoms with Crippen LogP contribution in [0.2, 0.25) is 0 Å². The summed E-state index contributed by atoms with van der Waals surface area (Å²) in [7, 11) is 3.01. The van der Waals surface area contributed by atoms with Crippen molar-refractivity contribution < 1.29 is 14.0 Å². The van der Waals surface area contributed by atoms with E-state index in [-0.39, 0.29) is 5.91 Å². The molecule has 0 aliphatic heterocycles. The van der Waals surface area contributed by atoms with Gasteiger partial charge >= 0.3 is 0 Å². The second-order valence-corrected chi connectivity index (χ2v) is 2.60. The first-order valence-electron chi connectivity index (χ1n) is 4.09. The number of aryl methyl sites for hydroxylation is 1. The fraction of sp³-hybridized carbons (Fsp3) is 0.444. The summed E-state index contributed by atoms with van der Waals surface area (Å²) >= 11 is 0. The molecule has 0 bridgehead atoms. The van der Waals surface area contributed by atoms with Crippen molar-refractivity contribution in [2.75, 3.05) is 14.2 Å². The van der Waals surface area contributed by atoms with Crippen LogP contribution in [0, 0.1) is 0 Å². The van der Waals surface area contributed by atoms with Gasteiger partial charge in [-0.05, 0) is 6.07 Å². The zero-order chi connectivity index (χ0) is 9.84. The van der Waals surface area contributed by atoms with Gasteiger partial charge in [-0.15, -0.1) is 0 Å². The Morgan fingerprint density at radius 1 is 1.69 bits per heavy atom. The van der Waals surface area contributed by atoms with Gasteiger partial charge in [0.15, 0.2) is 0 Å². The van der Waals surface area contributed by atoms with Crippen molar-refractivity contribution in [3.05, 3.63) is 23.7 Å². The number of rotatable bonds is 3. The number of hydrogen-bond donors (Lipinski definition) is 0. The van der Waals surface area contributed by atoms with Crippen LogP contribution in [0.5, 0.6) is 0 Å². The minimum absolute atomic E-state index is 0.187. The van der Waals surface area contributed by atoms with Crippen molar-refractivity contribution in [1.29, 1.82) is 0 Å².